The molecule has 0 radical (unpaired) electrons. The molecule has 2 aliphatic rings. The molecular formula is C22H29ClO2. The Kier molecular flexibility index (Phi) is 5.89. The molecule has 2 aliphatic carbocycles. The minimum atomic E-state index is -0.705. The van der Waals surface area contributed by atoms with Gasteiger partial charge in [0.15, 0.2) is 0 Å². The number of rotatable bonds is 8. The van der Waals surface area contributed by atoms with Crippen molar-refractivity contribution >= 4 is 17.6 Å². The first-order valence-electron chi connectivity index (χ1n) is 9.66. The largest absolute Gasteiger partial charge is 0.481 e. The van der Waals surface area contributed by atoms with E-state index in [1.165, 1.54) is 38.5 Å². The third-order valence-corrected chi connectivity index (χ3v) is 6.79. The van der Waals surface area contributed by atoms with E-state index in [-0.39, 0.29) is 11.8 Å². The monoisotopic (exact) mass is 360 g/mol. The van der Waals surface area contributed by atoms with Crippen molar-refractivity contribution < 1.29 is 9.90 Å². The van der Waals surface area contributed by atoms with Crippen molar-refractivity contribution in [2.45, 2.75) is 64.2 Å². The summed E-state index contributed by atoms with van der Waals surface area (Å²) < 4.78 is 0. The summed E-state index contributed by atoms with van der Waals surface area (Å²) in [5.41, 5.74) is 1.64. The van der Waals surface area contributed by atoms with Crippen molar-refractivity contribution in [2.24, 2.45) is 17.3 Å². The van der Waals surface area contributed by atoms with Gasteiger partial charge in [-0.25, -0.2) is 0 Å². The van der Waals surface area contributed by atoms with Gasteiger partial charge in [0.1, 0.15) is 0 Å². The van der Waals surface area contributed by atoms with Gasteiger partial charge in [-0.05, 0) is 80.4 Å². The Balaban J connectivity index is 1.67. The fourth-order valence-electron chi connectivity index (χ4n) is 5.05. The maximum atomic E-state index is 11.7. The summed E-state index contributed by atoms with van der Waals surface area (Å²) in [5.74, 6) is -0.0738. The second-order valence-corrected chi connectivity index (χ2v) is 8.51. The van der Waals surface area contributed by atoms with Crippen molar-refractivity contribution in [2.75, 3.05) is 0 Å². The average molecular weight is 361 g/mol. The van der Waals surface area contributed by atoms with Crippen molar-refractivity contribution in [3.8, 4) is 0 Å². The highest BCUT2D eigenvalue weighted by Crippen LogP contribution is 2.56. The van der Waals surface area contributed by atoms with E-state index < -0.39 is 5.97 Å². The average Bonchev–Trinajstić information content (AvgIpc) is 3.19. The molecule has 2 saturated carbocycles. The lowest BCUT2D eigenvalue weighted by Crippen LogP contribution is -2.21. The molecular weight excluding hydrogens is 332 g/mol. The first-order valence-corrected chi connectivity index (χ1v) is 10.0. The number of benzene rings is 1. The molecule has 136 valence electrons. The van der Waals surface area contributed by atoms with Crippen LogP contribution in [-0.4, -0.2) is 11.1 Å². The number of carboxylic acid groups (broad SMARTS) is 1. The summed E-state index contributed by atoms with van der Waals surface area (Å²) in [4.78, 5) is 11.7. The van der Waals surface area contributed by atoms with Crippen LogP contribution in [-0.2, 0) is 4.79 Å². The summed E-state index contributed by atoms with van der Waals surface area (Å²) in [6.45, 7) is 1.96. The standard InChI is InChI=1S/C22H29ClO2/c1-2-19(21(24)25)20(17-6-8-18(23)9-7-17)5-3-4-12-22-13-10-16(15-22)11-14-22/h3-4,6-9,16,19-20H,2,5,10-15H2,1H3,(H,24,25). The molecule has 1 N–H and O–H groups in total. The molecule has 25 heavy (non-hydrogen) atoms. The van der Waals surface area contributed by atoms with Crippen molar-refractivity contribution in [3.63, 3.8) is 0 Å². The van der Waals surface area contributed by atoms with Gasteiger partial charge in [0.2, 0.25) is 0 Å². The van der Waals surface area contributed by atoms with Crippen molar-refractivity contribution in [1.82, 2.24) is 0 Å². The Hall–Kier alpha value is -1.28. The van der Waals surface area contributed by atoms with Crippen LogP contribution in [0.15, 0.2) is 36.4 Å². The molecule has 2 fully saturated rings. The fourth-order valence-corrected chi connectivity index (χ4v) is 5.17. The molecule has 0 aromatic heterocycles. The van der Waals surface area contributed by atoms with Gasteiger partial charge in [0.05, 0.1) is 5.92 Å². The van der Waals surface area contributed by atoms with Crippen LogP contribution in [0, 0.1) is 17.3 Å². The summed E-state index contributed by atoms with van der Waals surface area (Å²) in [6.07, 6.45) is 14.1. The number of carboxylic acids is 1. The molecule has 1 aromatic carbocycles. The number of hydrogen-bond donors (Lipinski definition) is 1. The Morgan fingerprint density at radius 2 is 1.96 bits per heavy atom. The predicted molar refractivity (Wildman–Crippen MR) is 103 cm³/mol. The van der Waals surface area contributed by atoms with Gasteiger partial charge in [0.25, 0.3) is 0 Å². The lowest BCUT2D eigenvalue weighted by Gasteiger charge is -2.25. The minimum absolute atomic E-state index is 0.00780. The van der Waals surface area contributed by atoms with E-state index in [4.69, 9.17) is 11.6 Å². The lowest BCUT2D eigenvalue weighted by molar-refractivity contribution is -0.142. The molecule has 0 heterocycles. The Morgan fingerprint density at radius 3 is 2.48 bits per heavy atom. The van der Waals surface area contributed by atoms with E-state index in [1.807, 2.05) is 31.2 Å². The van der Waals surface area contributed by atoms with E-state index in [0.29, 0.717) is 16.9 Å². The normalized spacial score (nSPS) is 27.7. The smallest absolute Gasteiger partial charge is 0.307 e. The number of halogens is 1. The SMILES string of the molecule is CCC(C(=O)O)C(CC=CCC12CCC(CC1)C2)c1ccc(Cl)cc1. The number of hydrogen-bond acceptors (Lipinski definition) is 1. The topological polar surface area (TPSA) is 37.3 Å². The van der Waals surface area contributed by atoms with E-state index in [1.54, 1.807) is 0 Å². The van der Waals surface area contributed by atoms with E-state index in [2.05, 4.69) is 12.2 Å². The first kappa shape index (κ1) is 18.5. The molecule has 2 atom stereocenters. The van der Waals surface area contributed by atoms with Gasteiger partial charge in [-0.1, -0.05) is 42.8 Å². The summed E-state index contributed by atoms with van der Waals surface area (Å²) >= 11 is 6.00. The molecule has 1 aromatic rings. The maximum Gasteiger partial charge on any atom is 0.307 e. The zero-order valence-corrected chi connectivity index (χ0v) is 15.8. The molecule has 2 unspecified atom stereocenters. The Labute approximate surface area is 156 Å². The van der Waals surface area contributed by atoms with Crippen LogP contribution in [0.2, 0.25) is 5.02 Å². The molecule has 0 spiro atoms. The van der Waals surface area contributed by atoms with E-state index >= 15 is 0 Å². The van der Waals surface area contributed by atoms with Crippen LogP contribution in [0.25, 0.3) is 0 Å². The zero-order valence-electron chi connectivity index (χ0n) is 15.1. The van der Waals surface area contributed by atoms with Crippen LogP contribution in [0.4, 0.5) is 0 Å². The van der Waals surface area contributed by atoms with Gasteiger partial charge in [0, 0.05) is 10.9 Å². The molecule has 2 nitrogen and oxygen atoms in total. The summed E-state index contributed by atoms with van der Waals surface area (Å²) in [5, 5.41) is 10.3. The number of aliphatic carboxylic acids is 1. The van der Waals surface area contributed by atoms with E-state index in [9.17, 15) is 9.90 Å². The summed E-state index contributed by atoms with van der Waals surface area (Å²) in [6, 6.07) is 7.67. The molecule has 3 heteroatoms. The molecule has 3 rings (SSSR count). The third-order valence-electron chi connectivity index (χ3n) is 6.54. The van der Waals surface area contributed by atoms with Crippen LogP contribution in [0.5, 0.6) is 0 Å². The molecule has 2 bridgehead atoms. The van der Waals surface area contributed by atoms with Crippen molar-refractivity contribution in [1.29, 1.82) is 0 Å². The van der Waals surface area contributed by atoms with Crippen LogP contribution < -0.4 is 0 Å². The number of allylic oxidation sites excluding steroid dienone is 2. The Morgan fingerprint density at radius 1 is 1.28 bits per heavy atom. The minimum Gasteiger partial charge on any atom is -0.481 e. The number of fused-ring (bicyclic) bond motifs is 2. The van der Waals surface area contributed by atoms with Crippen LogP contribution in [0.1, 0.15) is 69.8 Å². The molecule has 0 amide bonds. The van der Waals surface area contributed by atoms with Gasteiger partial charge in [-0.3, -0.25) is 4.79 Å². The maximum absolute atomic E-state index is 11.7. The summed E-state index contributed by atoms with van der Waals surface area (Å²) in [7, 11) is 0. The highest BCUT2D eigenvalue weighted by molar-refractivity contribution is 6.30. The first-order chi connectivity index (χ1) is 12.0. The quantitative estimate of drug-likeness (QED) is 0.541. The fraction of sp³-hybridized carbons (Fsp3) is 0.591. The highest BCUT2D eigenvalue weighted by Gasteiger charge is 2.43. The second-order valence-electron chi connectivity index (χ2n) is 8.07. The van der Waals surface area contributed by atoms with Gasteiger partial charge < -0.3 is 5.11 Å². The molecule has 0 aliphatic heterocycles. The van der Waals surface area contributed by atoms with Gasteiger partial charge >= 0.3 is 5.97 Å². The Bertz CT molecular complexity index is 611. The van der Waals surface area contributed by atoms with Gasteiger partial charge in [-0.15, -0.1) is 0 Å². The van der Waals surface area contributed by atoms with Crippen LogP contribution >= 0.6 is 11.6 Å². The number of carbonyl (C=O) groups is 1. The van der Waals surface area contributed by atoms with Crippen molar-refractivity contribution in [3.05, 3.63) is 47.0 Å². The van der Waals surface area contributed by atoms with E-state index in [0.717, 1.165) is 17.9 Å². The third kappa shape index (κ3) is 4.28. The zero-order chi connectivity index (χ0) is 17.9. The predicted octanol–water partition coefficient (Wildman–Crippen LogP) is 6.45. The van der Waals surface area contributed by atoms with Gasteiger partial charge in [-0.2, -0.15) is 0 Å². The highest BCUT2D eigenvalue weighted by atomic mass is 35.5. The molecule has 0 saturated heterocycles. The second kappa shape index (κ2) is 7.95. The lowest BCUT2D eigenvalue weighted by atomic mass is 9.80. The van der Waals surface area contributed by atoms with Crippen LogP contribution in [0.3, 0.4) is 0 Å².